The number of imide groups is 1. The molecule has 208 valence electrons. The summed E-state index contributed by atoms with van der Waals surface area (Å²) in [5.41, 5.74) is -1.37. The van der Waals surface area contributed by atoms with Crippen LogP contribution >= 0.6 is 0 Å². The molecule has 0 N–H and O–H groups in total. The first kappa shape index (κ1) is 29.1. The van der Waals surface area contributed by atoms with Gasteiger partial charge in [0.25, 0.3) is 0 Å². The number of halogens is 1. The SMILES string of the molecule is CCOC(=O)[C@]1(c2cn(-c3cccc(F)c3)cn2)C[C@@H]1CCCN(C(=O)OC(C)(C)C)C(=O)OC(C)(C)C. The van der Waals surface area contributed by atoms with E-state index >= 15 is 0 Å². The lowest BCUT2D eigenvalue weighted by molar-refractivity contribution is -0.146. The fourth-order valence-electron chi connectivity index (χ4n) is 4.32. The molecule has 0 bridgehead atoms. The van der Waals surface area contributed by atoms with Crippen molar-refractivity contribution in [3.8, 4) is 5.69 Å². The zero-order valence-corrected chi connectivity index (χ0v) is 23.2. The van der Waals surface area contributed by atoms with Gasteiger partial charge >= 0.3 is 18.2 Å². The molecule has 2 amide bonds. The van der Waals surface area contributed by atoms with Crippen molar-refractivity contribution in [1.82, 2.24) is 14.5 Å². The highest BCUT2D eigenvalue weighted by molar-refractivity contribution is 5.88. The molecule has 2 atom stereocenters. The molecule has 0 spiro atoms. The van der Waals surface area contributed by atoms with E-state index < -0.39 is 28.8 Å². The largest absolute Gasteiger partial charge is 0.465 e. The number of imidazole rings is 1. The molecule has 0 unspecified atom stereocenters. The van der Waals surface area contributed by atoms with Gasteiger partial charge in [-0.3, -0.25) is 4.79 Å². The lowest BCUT2D eigenvalue weighted by Gasteiger charge is -2.28. The predicted octanol–water partition coefficient (Wildman–Crippen LogP) is 5.78. The van der Waals surface area contributed by atoms with Gasteiger partial charge in [0.15, 0.2) is 0 Å². The first-order chi connectivity index (χ1) is 17.7. The molecular weight excluding hydrogens is 493 g/mol. The molecule has 10 heteroatoms. The van der Waals surface area contributed by atoms with E-state index in [0.717, 1.165) is 4.90 Å². The Hall–Kier alpha value is -3.43. The van der Waals surface area contributed by atoms with Crippen molar-refractivity contribution in [3.63, 3.8) is 0 Å². The fourth-order valence-corrected chi connectivity index (χ4v) is 4.32. The van der Waals surface area contributed by atoms with E-state index in [1.807, 2.05) is 0 Å². The number of hydrogen-bond donors (Lipinski definition) is 0. The van der Waals surface area contributed by atoms with E-state index in [-0.39, 0.29) is 30.9 Å². The van der Waals surface area contributed by atoms with E-state index in [1.54, 1.807) is 77.7 Å². The minimum absolute atomic E-state index is 0.0664. The number of esters is 1. The van der Waals surface area contributed by atoms with Crippen molar-refractivity contribution in [3.05, 3.63) is 48.3 Å². The van der Waals surface area contributed by atoms with Crippen molar-refractivity contribution in [2.45, 2.75) is 84.3 Å². The van der Waals surface area contributed by atoms with Crippen LogP contribution in [0, 0.1) is 11.7 Å². The van der Waals surface area contributed by atoms with Crippen molar-refractivity contribution < 1.29 is 33.0 Å². The van der Waals surface area contributed by atoms with Crippen LogP contribution in [0.4, 0.5) is 14.0 Å². The molecule has 9 nitrogen and oxygen atoms in total. The van der Waals surface area contributed by atoms with Crippen LogP contribution in [0.3, 0.4) is 0 Å². The molecule has 38 heavy (non-hydrogen) atoms. The van der Waals surface area contributed by atoms with Crippen LogP contribution in [0.2, 0.25) is 0 Å². The molecule has 1 aromatic carbocycles. The van der Waals surface area contributed by atoms with E-state index in [1.165, 1.54) is 12.1 Å². The van der Waals surface area contributed by atoms with Crippen molar-refractivity contribution >= 4 is 18.2 Å². The van der Waals surface area contributed by atoms with Crippen LogP contribution in [0.1, 0.15) is 73.4 Å². The number of amides is 2. The molecule has 1 aliphatic carbocycles. The molecule has 0 saturated heterocycles. The maximum absolute atomic E-state index is 13.7. The molecule has 1 aliphatic rings. The summed E-state index contributed by atoms with van der Waals surface area (Å²) in [5.74, 6) is -0.844. The normalized spacial score (nSPS) is 19.0. The summed E-state index contributed by atoms with van der Waals surface area (Å²) in [4.78, 5) is 44.0. The average molecular weight is 532 g/mol. The number of nitrogens with zero attached hydrogens (tertiary/aromatic N) is 3. The smallest absolute Gasteiger partial charge is 0.419 e. The quantitative estimate of drug-likeness (QED) is 0.314. The molecule has 1 heterocycles. The molecular formula is C28H38FN3O6. The van der Waals surface area contributed by atoms with Gasteiger partial charge in [-0.25, -0.2) is 23.9 Å². The van der Waals surface area contributed by atoms with Gasteiger partial charge in [-0.05, 0) is 91.8 Å². The van der Waals surface area contributed by atoms with E-state index in [4.69, 9.17) is 14.2 Å². The summed E-state index contributed by atoms with van der Waals surface area (Å²) in [6, 6.07) is 6.09. The summed E-state index contributed by atoms with van der Waals surface area (Å²) < 4.78 is 31.6. The number of carbonyl (C=O) groups excluding carboxylic acids is 3. The molecule has 2 aromatic rings. The zero-order chi connectivity index (χ0) is 28.3. The second-order valence-corrected chi connectivity index (χ2v) is 11.5. The maximum atomic E-state index is 13.7. The van der Waals surface area contributed by atoms with Crippen LogP contribution in [-0.4, -0.2) is 57.0 Å². The Balaban J connectivity index is 1.74. The average Bonchev–Trinajstić information content (AvgIpc) is 3.29. The molecule has 0 aliphatic heterocycles. The molecule has 0 radical (unpaired) electrons. The van der Waals surface area contributed by atoms with Crippen molar-refractivity contribution in [1.29, 1.82) is 0 Å². The van der Waals surface area contributed by atoms with Gasteiger partial charge in [-0.1, -0.05) is 6.07 Å². The summed E-state index contributed by atoms with van der Waals surface area (Å²) in [6.07, 6.45) is 3.18. The number of carbonyl (C=O) groups is 3. The Bertz CT molecular complexity index is 1140. The first-order valence-corrected chi connectivity index (χ1v) is 12.9. The van der Waals surface area contributed by atoms with Crippen LogP contribution in [0.15, 0.2) is 36.8 Å². The summed E-state index contributed by atoms with van der Waals surface area (Å²) in [6.45, 7) is 12.4. The summed E-state index contributed by atoms with van der Waals surface area (Å²) in [5, 5.41) is 0. The van der Waals surface area contributed by atoms with Gasteiger partial charge in [0.1, 0.15) is 22.4 Å². The fraction of sp³-hybridized carbons (Fsp3) is 0.571. The lowest BCUT2D eigenvalue weighted by Crippen LogP contribution is -2.44. The van der Waals surface area contributed by atoms with Gasteiger partial charge in [0.05, 0.1) is 18.6 Å². The number of rotatable bonds is 8. The Morgan fingerprint density at radius 3 is 2.29 bits per heavy atom. The van der Waals surface area contributed by atoms with Gasteiger partial charge in [0, 0.05) is 18.4 Å². The van der Waals surface area contributed by atoms with E-state index in [0.29, 0.717) is 30.6 Å². The molecule has 3 rings (SSSR count). The van der Waals surface area contributed by atoms with Crippen LogP contribution in [0.5, 0.6) is 0 Å². The molecule has 1 saturated carbocycles. The Morgan fingerprint density at radius 1 is 1.11 bits per heavy atom. The standard InChI is InChI=1S/C28H38FN3O6/c1-8-36-23(33)28(22-17-31(18-30-22)21-13-9-12-20(29)15-21)16-19(28)11-10-14-32(24(34)37-26(2,3)4)25(35)38-27(5,6)7/h9,12-13,15,17-19H,8,10-11,14,16H2,1-7H3/t19-,28+/m0/s1. The van der Waals surface area contributed by atoms with Crippen molar-refractivity contribution in [2.24, 2.45) is 5.92 Å². The van der Waals surface area contributed by atoms with Crippen LogP contribution in [0.25, 0.3) is 5.69 Å². The number of benzene rings is 1. The third kappa shape index (κ3) is 7.11. The topological polar surface area (TPSA) is 100.0 Å². The van der Waals surface area contributed by atoms with E-state index in [2.05, 4.69) is 4.98 Å². The highest BCUT2D eigenvalue weighted by Gasteiger charge is 2.63. The van der Waals surface area contributed by atoms with Crippen LogP contribution in [-0.2, 0) is 24.4 Å². The highest BCUT2D eigenvalue weighted by Crippen LogP contribution is 2.57. The summed E-state index contributed by atoms with van der Waals surface area (Å²) >= 11 is 0. The third-order valence-electron chi connectivity index (χ3n) is 6.05. The Labute approximate surface area is 223 Å². The number of hydrogen-bond acceptors (Lipinski definition) is 7. The second kappa shape index (κ2) is 11.1. The third-order valence-corrected chi connectivity index (χ3v) is 6.05. The zero-order valence-electron chi connectivity index (χ0n) is 23.2. The Morgan fingerprint density at radius 2 is 1.74 bits per heavy atom. The second-order valence-electron chi connectivity index (χ2n) is 11.5. The van der Waals surface area contributed by atoms with E-state index in [9.17, 15) is 18.8 Å². The highest BCUT2D eigenvalue weighted by atomic mass is 19.1. The van der Waals surface area contributed by atoms with Gasteiger partial charge in [0.2, 0.25) is 0 Å². The predicted molar refractivity (Wildman–Crippen MR) is 138 cm³/mol. The monoisotopic (exact) mass is 531 g/mol. The lowest BCUT2D eigenvalue weighted by atomic mass is 9.97. The maximum Gasteiger partial charge on any atom is 0.419 e. The number of ether oxygens (including phenoxy) is 3. The molecule has 1 aromatic heterocycles. The van der Waals surface area contributed by atoms with Gasteiger partial charge < -0.3 is 18.8 Å². The Kier molecular flexibility index (Phi) is 8.53. The minimum Gasteiger partial charge on any atom is -0.465 e. The van der Waals surface area contributed by atoms with Crippen LogP contribution < -0.4 is 0 Å². The van der Waals surface area contributed by atoms with Gasteiger partial charge in [-0.15, -0.1) is 0 Å². The van der Waals surface area contributed by atoms with Crippen molar-refractivity contribution in [2.75, 3.05) is 13.2 Å². The first-order valence-electron chi connectivity index (χ1n) is 12.9. The summed E-state index contributed by atoms with van der Waals surface area (Å²) in [7, 11) is 0. The number of aromatic nitrogens is 2. The molecule has 1 fully saturated rings. The minimum atomic E-state index is -0.933. The van der Waals surface area contributed by atoms with Gasteiger partial charge in [-0.2, -0.15) is 0 Å².